The average molecular weight is 461 g/mol. The highest BCUT2D eigenvalue weighted by Gasteiger charge is 2.44. The van der Waals surface area contributed by atoms with E-state index in [0.717, 1.165) is 36.1 Å². The van der Waals surface area contributed by atoms with Crippen LogP contribution in [-0.4, -0.2) is 22.4 Å². The van der Waals surface area contributed by atoms with Gasteiger partial charge in [-0.25, -0.2) is 4.98 Å². The molecule has 1 aliphatic rings. The van der Waals surface area contributed by atoms with Crippen LogP contribution in [0.4, 0.5) is 5.69 Å². The van der Waals surface area contributed by atoms with Gasteiger partial charge in [-0.15, -0.1) is 0 Å². The molecule has 1 N–H and O–H groups in total. The molecule has 6 nitrogen and oxygen atoms in total. The summed E-state index contributed by atoms with van der Waals surface area (Å²) < 4.78 is 6.10. The predicted octanol–water partition coefficient (Wildman–Crippen LogP) is 5.25. The van der Waals surface area contributed by atoms with Gasteiger partial charge in [0.1, 0.15) is 5.76 Å². The van der Waals surface area contributed by atoms with Crippen molar-refractivity contribution in [2.45, 2.75) is 57.5 Å². The molecule has 2 atom stereocenters. The summed E-state index contributed by atoms with van der Waals surface area (Å²) >= 11 is 0. The van der Waals surface area contributed by atoms with Crippen molar-refractivity contribution >= 4 is 18.0 Å². The lowest BCUT2D eigenvalue weighted by Crippen LogP contribution is -2.38. The van der Waals surface area contributed by atoms with Crippen LogP contribution in [0.15, 0.2) is 71.3 Å². The topological polar surface area (TPSA) is 83.6 Å². The van der Waals surface area contributed by atoms with Crippen LogP contribution in [0.1, 0.15) is 62.7 Å². The highest BCUT2D eigenvalue weighted by Crippen LogP contribution is 2.43. The summed E-state index contributed by atoms with van der Waals surface area (Å²) in [6.45, 7) is 1.81. The molecule has 6 heteroatoms. The summed E-state index contributed by atoms with van der Waals surface area (Å²) in [5.41, 5.74) is 0.0724. The van der Waals surface area contributed by atoms with Crippen molar-refractivity contribution in [1.29, 1.82) is 0 Å². The molecule has 2 unspecified atom stereocenters. The number of anilines is 1. The molecule has 0 bridgehead atoms. The minimum atomic E-state index is -1.27. The number of rotatable bonds is 9. The van der Waals surface area contributed by atoms with Gasteiger partial charge in [0, 0.05) is 18.3 Å². The predicted molar refractivity (Wildman–Crippen MR) is 130 cm³/mol. The standard InChI is InChI=1S/C28H32N2O4/c1-21(26(32)30(20-31)24-15-9-4-10-16-24)17-18-25-19-29-27(34-25)28(33,22-11-5-2-6-12-22)23-13-7-3-8-14-23/h2,4-6,9-12,15-16,19-21,23,33H,3,7-8,13-14,17-18H2,1H3. The van der Waals surface area contributed by atoms with Crippen LogP contribution in [0.3, 0.4) is 0 Å². The Hall–Kier alpha value is -3.25. The van der Waals surface area contributed by atoms with E-state index in [1.807, 2.05) is 36.4 Å². The highest BCUT2D eigenvalue weighted by atomic mass is 16.4. The lowest BCUT2D eigenvalue weighted by molar-refractivity contribution is -0.124. The second-order valence-corrected chi connectivity index (χ2v) is 9.19. The number of oxazole rings is 1. The minimum Gasteiger partial charge on any atom is -0.442 e. The monoisotopic (exact) mass is 460 g/mol. The zero-order valence-corrected chi connectivity index (χ0v) is 19.6. The zero-order chi connectivity index (χ0) is 24.0. The number of aliphatic hydroxyl groups is 1. The van der Waals surface area contributed by atoms with Crippen LogP contribution in [0.2, 0.25) is 0 Å². The van der Waals surface area contributed by atoms with Crippen LogP contribution in [0, 0.1) is 11.8 Å². The average Bonchev–Trinajstić information content (AvgIpc) is 3.38. The van der Waals surface area contributed by atoms with E-state index in [0.29, 0.717) is 36.6 Å². The van der Waals surface area contributed by atoms with E-state index in [4.69, 9.17) is 4.42 Å². The van der Waals surface area contributed by atoms with Crippen molar-refractivity contribution in [3.05, 3.63) is 84.1 Å². The Labute approximate surface area is 200 Å². The minimum absolute atomic E-state index is 0.0441. The molecular formula is C28H32N2O4. The molecule has 2 aromatic carbocycles. The number of imide groups is 1. The summed E-state index contributed by atoms with van der Waals surface area (Å²) in [6.07, 6.45) is 8.40. The lowest BCUT2D eigenvalue weighted by Gasteiger charge is -2.36. The summed E-state index contributed by atoms with van der Waals surface area (Å²) in [6, 6.07) is 18.5. The van der Waals surface area contributed by atoms with Crippen molar-refractivity contribution in [2.24, 2.45) is 11.8 Å². The van der Waals surface area contributed by atoms with Gasteiger partial charge in [0.05, 0.1) is 11.9 Å². The second kappa shape index (κ2) is 10.8. The first-order valence-electron chi connectivity index (χ1n) is 12.1. The van der Waals surface area contributed by atoms with Crippen LogP contribution < -0.4 is 4.90 Å². The number of para-hydroxylation sites is 1. The lowest BCUT2D eigenvalue weighted by atomic mass is 9.73. The van der Waals surface area contributed by atoms with Gasteiger partial charge in [-0.1, -0.05) is 74.7 Å². The van der Waals surface area contributed by atoms with Crippen LogP contribution in [-0.2, 0) is 21.6 Å². The Morgan fingerprint density at radius 2 is 1.76 bits per heavy atom. The first-order chi connectivity index (χ1) is 16.5. The maximum Gasteiger partial charge on any atom is 0.236 e. The number of hydrogen-bond acceptors (Lipinski definition) is 5. The third-order valence-corrected chi connectivity index (χ3v) is 6.91. The molecule has 0 spiro atoms. The Morgan fingerprint density at radius 3 is 2.41 bits per heavy atom. The first kappa shape index (κ1) is 23.9. The molecule has 1 aliphatic carbocycles. The fourth-order valence-corrected chi connectivity index (χ4v) is 4.89. The van der Waals surface area contributed by atoms with Crippen molar-refractivity contribution in [1.82, 2.24) is 4.98 Å². The molecule has 178 valence electrons. The van der Waals surface area contributed by atoms with Gasteiger partial charge < -0.3 is 9.52 Å². The number of benzene rings is 2. The number of carbonyl (C=O) groups is 2. The van der Waals surface area contributed by atoms with Crippen LogP contribution >= 0.6 is 0 Å². The summed E-state index contributed by atoms with van der Waals surface area (Å²) in [4.78, 5) is 30.1. The fraction of sp³-hybridized carbons (Fsp3) is 0.393. The summed E-state index contributed by atoms with van der Waals surface area (Å²) in [5.74, 6) is 0.340. The molecule has 1 aromatic heterocycles. The number of carbonyl (C=O) groups excluding carboxylic acids is 2. The van der Waals surface area contributed by atoms with Crippen molar-refractivity contribution in [3.63, 3.8) is 0 Å². The van der Waals surface area contributed by atoms with Crippen molar-refractivity contribution in [3.8, 4) is 0 Å². The Morgan fingerprint density at radius 1 is 1.12 bits per heavy atom. The third-order valence-electron chi connectivity index (χ3n) is 6.91. The molecular weight excluding hydrogens is 428 g/mol. The Balaban J connectivity index is 1.48. The number of nitrogens with zero attached hydrogens (tertiary/aromatic N) is 2. The van der Waals surface area contributed by atoms with Crippen LogP contribution in [0.5, 0.6) is 0 Å². The normalized spacial score (nSPS) is 17.0. The maximum absolute atomic E-state index is 12.9. The largest absolute Gasteiger partial charge is 0.442 e. The molecule has 1 saturated carbocycles. The molecule has 1 fully saturated rings. The van der Waals surface area contributed by atoms with Gasteiger partial charge in [0.2, 0.25) is 18.2 Å². The van der Waals surface area contributed by atoms with Crippen molar-refractivity contribution in [2.75, 3.05) is 4.90 Å². The molecule has 1 heterocycles. The number of hydrogen-bond donors (Lipinski definition) is 1. The van der Waals surface area contributed by atoms with E-state index in [1.165, 1.54) is 6.42 Å². The van der Waals surface area contributed by atoms with Crippen molar-refractivity contribution < 1.29 is 19.1 Å². The van der Waals surface area contributed by atoms with Crippen LogP contribution in [0.25, 0.3) is 0 Å². The molecule has 2 amide bonds. The molecule has 0 radical (unpaired) electrons. The fourth-order valence-electron chi connectivity index (χ4n) is 4.89. The molecule has 0 saturated heterocycles. The van der Waals surface area contributed by atoms with E-state index in [-0.39, 0.29) is 17.7 Å². The van der Waals surface area contributed by atoms with E-state index in [9.17, 15) is 14.7 Å². The van der Waals surface area contributed by atoms with Gasteiger partial charge in [0.15, 0.2) is 5.60 Å². The van der Waals surface area contributed by atoms with Gasteiger partial charge in [-0.2, -0.15) is 0 Å². The molecule has 34 heavy (non-hydrogen) atoms. The molecule has 3 aromatic rings. The smallest absolute Gasteiger partial charge is 0.236 e. The van der Waals surface area contributed by atoms with Gasteiger partial charge in [-0.3, -0.25) is 14.5 Å². The number of aromatic nitrogens is 1. The maximum atomic E-state index is 12.9. The third kappa shape index (κ3) is 4.97. The summed E-state index contributed by atoms with van der Waals surface area (Å²) in [5, 5.41) is 11.9. The first-order valence-corrected chi connectivity index (χ1v) is 12.1. The van der Waals surface area contributed by atoms with E-state index in [1.54, 1.807) is 37.4 Å². The van der Waals surface area contributed by atoms with E-state index in [2.05, 4.69) is 4.98 Å². The Bertz CT molecular complexity index is 1080. The van der Waals surface area contributed by atoms with E-state index < -0.39 is 5.60 Å². The second-order valence-electron chi connectivity index (χ2n) is 9.19. The summed E-state index contributed by atoms with van der Waals surface area (Å²) in [7, 11) is 0. The zero-order valence-electron chi connectivity index (χ0n) is 19.6. The quantitative estimate of drug-likeness (QED) is 0.441. The highest BCUT2D eigenvalue weighted by molar-refractivity contribution is 6.07. The Kier molecular flexibility index (Phi) is 7.58. The van der Waals surface area contributed by atoms with E-state index >= 15 is 0 Å². The number of aryl methyl sites for hydroxylation is 1. The number of amides is 2. The molecule has 4 rings (SSSR count). The SMILES string of the molecule is CC(CCc1cnc(C(O)(c2ccccc2)C2CCCCC2)o1)C(=O)N(C=O)c1ccccc1. The van der Waals surface area contributed by atoms with Gasteiger partial charge >= 0.3 is 0 Å². The van der Waals surface area contributed by atoms with Gasteiger partial charge in [0.25, 0.3) is 0 Å². The molecule has 0 aliphatic heterocycles. The van der Waals surface area contributed by atoms with Gasteiger partial charge in [-0.05, 0) is 37.0 Å².